The molecule has 3 aromatic heterocycles. The topological polar surface area (TPSA) is 30.7 Å². The van der Waals surface area contributed by atoms with Crippen molar-refractivity contribution in [1.29, 1.82) is 0 Å². The van der Waals surface area contributed by atoms with Crippen molar-refractivity contribution in [2.24, 2.45) is 0 Å². The highest BCUT2D eigenvalue weighted by molar-refractivity contribution is 7.26. The van der Waals surface area contributed by atoms with E-state index in [1.165, 1.54) is 42.1 Å². The highest BCUT2D eigenvalue weighted by atomic mass is 32.1. The van der Waals surface area contributed by atoms with Crippen LogP contribution in [0.25, 0.3) is 81.6 Å². The van der Waals surface area contributed by atoms with Gasteiger partial charge in [-0.3, -0.25) is 4.57 Å². The second-order valence-electron chi connectivity index (χ2n) is 11.0. The number of hydrogen-bond acceptors (Lipinski definition) is 3. The molecule has 9 rings (SSSR count). The van der Waals surface area contributed by atoms with Crippen molar-refractivity contribution in [1.82, 2.24) is 14.5 Å². The predicted octanol–water partition coefficient (Wildman–Crippen LogP) is 10.9. The summed E-state index contributed by atoms with van der Waals surface area (Å²) in [6.45, 7) is 0. The summed E-state index contributed by atoms with van der Waals surface area (Å²) in [6, 6.07) is 53.5. The Hall–Kier alpha value is -5.58. The maximum atomic E-state index is 5.29. The first-order valence-electron chi connectivity index (χ1n) is 14.8. The summed E-state index contributed by atoms with van der Waals surface area (Å²) in [5.41, 5.74) is 8.54. The average Bonchev–Trinajstić information content (AvgIpc) is 3.65. The van der Waals surface area contributed by atoms with Crippen molar-refractivity contribution in [2.45, 2.75) is 0 Å². The van der Waals surface area contributed by atoms with Crippen molar-refractivity contribution < 1.29 is 0 Å². The minimum Gasteiger partial charge on any atom is -0.276 e. The van der Waals surface area contributed by atoms with Gasteiger partial charge in [0.1, 0.15) is 0 Å². The van der Waals surface area contributed by atoms with Crippen molar-refractivity contribution in [3.8, 4) is 39.6 Å². The van der Waals surface area contributed by atoms with Gasteiger partial charge in [0.15, 0.2) is 0 Å². The third-order valence-corrected chi connectivity index (χ3v) is 9.64. The number of thiophene rings is 1. The maximum absolute atomic E-state index is 5.29. The standard InChI is InChI=1S/C40H25N3S/c1-3-11-26(12-4-1)27-19-21-29(22-20-27)35-25-34(28-13-5-2-6-14-28)41-40(42-35)43-36-17-9-7-15-30(36)32-23-24-33-31-16-8-10-18-37(31)44-39(33)38(32)43/h1-25H. The SMILES string of the molecule is c1ccc(-c2ccc(-c3cc(-c4ccccc4)nc(-n4c5ccccc5c5ccc6c7ccccc7sc6c54)n3)cc2)cc1. The highest BCUT2D eigenvalue weighted by Gasteiger charge is 2.20. The normalized spacial score (nSPS) is 11.6. The fourth-order valence-electron chi connectivity index (χ4n) is 6.34. The van der Waals surface area contributed by atoms with E-state index in [0.29, 0.717) is 5.95 Å². The van der Waals surface area contributed by atoms with E-state index < -0.39 is 0 Å². The molecule has 0 saturated carbocycles. The molecule has 0 N–H and O–H groups in total. The van der Waals surface area contributed by atoms with E-state index in [2.05, 4.69) is 144 Å². The second kappa shape index (κ2) is 10.0. The zero-order chi connectivity index (χ0) is 29.0. The lowest BCUT2D eigenvalue weighted by atomic mass is 10.0. The molecule has 0 aliphatic carbocycles. The number of fused-ring (bicyclic) bond motifs is 7. The maximum Gasteiger partial charge on any atom is 0.235 e. The molecule has 206 valence electrons. The van der Waals surface area contributed by atoms with E-state index in [1.807, 2.05) is 23.5 Å². The first kappa shape index (κ1) is 25.0. The number of nitrogens with zero attached hydrogens (tertiary/aromatic N) is 3. The molecule has 3 heterocycles. The van der Waals surface area contributed by atoms with Crippen molar-refractivity contribution in [2.75, 3.05) is 0 Å². The molecule has 6 aromatic carbocycles. The Kier molecular flexibility index (Phi) is 5.68. The summed E-state index contributed by atoms with van der Waals surface area (Å²) in [4.78, 5) is 10.5. The van der Waals surface area contributed by atoms with Gasteiger partial charge in [0.2, 0.25) is 5.95 Å². The fraction of sp³-hybridized carbons (Fsp3) is 0. The monoisotopic (exact) mass is 579 g/mol. The molecule has 44 heavy (non-hydrogen) atoms. The quantitative estimate of drug-likeness (QED) is 0.208. The van der Waals surface area contributed by atoms with Gasteiger partial charge in [0, 0.05) is 37.4 Å². The van der Waals surface area contributed by atoms with E-state index in [0.717, 1.165) is 33.5 Å². The van der Waals surface area contributed by atoms with Crippen molar-refractivity contribution in [3.63, 3.8) is 0 Å². The van der Waals surface area contributed by atoms with Gasteiger partial charge in [0.05, 0.1) is 27.1 Å². The number of hydrogen-bond donors (Lipinski definition) is 0. The predicted molar refractivity (Wildman–Crippen MR) is 186 cm³/mol. The number of aromatic nitrogens is 3. The summed E-state index contributed by atoms with van der Waals surface area (Å²) in [5, 5.41) is 4.95. The molecule has 0 fully saturated rings. The molecule has 0 unspecified atom stereocenters. The van der Waals surface area contributed by atoms with Crippen LogP contribution in [-0.2, 0) is 0 Å². The summed E-state index contributed by atoms with van der Waals surface area (Å²) in [6.07, 6.45) is 0. The molecular weight excluding hydrogens is 555 g/mol. The minimum absolute atomic E-state index is 0.671. The van der Waals surface area contributed by atoms with Gasteiger partial charge >= 0.3 is 0 Å². The lowest BCUT2D eigenvalue weighted by Gasteiger charge is -2.12. The summed E-state index contributed by atoms with van der Waals surface area (Å²) in [5.74, 6) is 0.671. The van der Waals surface area contributed by atoms with Crippen LogP contribution in [0.5, 0.6) is 0 Å². The minimum atomic E-state index is 0.671. The van der Waals surface area contributed by atoms with Gasteiger partial charge in [-0.1, -0.05) is 133 Å². The van der Waals surface area contributed by atoms with E-state index in [-0.39, 0.29) is 0 Å². The van der Waals surface area contributed by atoms with Crippen LogP contribution >= 0.6 is 11.3 Å². The molecule has 0 spiro atoms. The van der Waals surface area contributed by atoms with Gasteiger partial charge in [-0.15, -0.1) is 11.3 Å². The molecule has 0 atom stereocenters. The van der Waals surface area contributed by atoms with E-state index >= 15 is 0 Å². The average molecular weight is 580 g/mol. The lowest BCUT2D eigenvalue weighted by Crippen LogP contribution is -2.04. The molecular formula is C40H25N3S. The third-order valence-electron chi connectivity index (χ3n) is 8.45. The van der Waals surface area contributed by atoms with Gasteiger partial charge in [-0.25, -0.2) is 9.97 Å². The Morgan fingerprint density at radius 2 is 0.977 bits per heavy atom. The highest BCUT2D eigenvalue weighted by Crippen LogP contribution is 2.42. The van der Waals surface area contributed by atoms with Gasteiger partial charge in [-0.05, 0) is 29.3 Å². The van der Waals surface area contributed by atoms with Gasteiger partial charge in [-0.2, -0.15) is 0 Å². The molecule has 9 aromatic rings. The van der Waals surface area contributed by atoms with Crippen molar-refractivity contribution in [3.05, 3.63) is 152 Å². The largest absolute Gasteiger partial charge is 0.276 e. The van der Waals surface area contributed by atoms with Gasteiger partial charge < -0.3 is 0 Å². The Bertz CT molecular complexity index is 2470. The summed E-state index contributed by atoms with van der Waals surface area (Å²) < 4.78 is 4.81. The van der Waals surface area contributed by atoms with E-state index in [4.69, 9.17) is 9.97 Å². The Morgan fingerprint density at radius 1 is 0.432 bits per heavy atom. The van der Waals surface area contributed by atoms with Crippen LogP contribution in [0.4, 0.5) is 0 Å². The Morgan fingerprint density at radius 3 is 1.73 bits per heavy atom. The first-order valence-corrected chi connectivity index (χ1v) is 15.6. The molecule has 4 heteroatoms. The first-order chi connectivity index (χ1) is 21.8. The van der Waals surface area contributed by atoms with Crippen LogP contribution in [0.3, 0.4) is 0 Å². The fourth-order valence-corrected chi connectivity index (χ4v) is 7.58. The van der Waals surface area contributed by atoms with Gasteiger partial charge in [0.25, 0.3) is 0 Å². The second-order valence-corrected chi connectivity index (χ2v) is 12.1. The summed E-state index contributed by atoms with van der Waals surface area (Å²) >= 11 is 1.84. The molecule has 0 saturated heterocycles. The Labute approximate surface area is 258 Å². The van der Waals surface area contributed by atoms with E-state index in [9.17, 15) is 0 Å². The number of para-hydroxylation sites is 1. The number of benzene rings is 6. The number of rotatable bonds is 4. The molecule has 0 radical (unpaired) electrons. The van der Waals surface area contributed by atoms with Crippen LogP contribution in [-0.4, -0.2) is 14.5 Å². The molecule has 3 nitrogen and oxygen atoms in total. The van der Waals surface area contributed by atoms with Crippen LogP contribution in [0.15, 0.2) is 152 Å². The molecule has 0 aliphatic rings. The lowest BCUT2D eigenvalue weighted by molar-refractivity contribution is 0.998. The van der Waals surface area contributed by atoms with E-state index in [1.54, 1.807) is 0 Å². The smallest absolute Gasteiger partial charge is 0.235 e. The Balaban J connectivity index is 1.33. The van der Waals surface area contributed by atoms with Crippen LogP contribution in [0.1, 0.15) is 0 Å². The zero-order valence-electron chi connectivity index (χ0n) is 23.7. The van der Waals surface area contributed by atoms with Crippen molar-refractivity contribution >= 4 is 53.3 Å². The van der Waals surface area contributed by atoms with Crippen LogP contribution < -0.4 is 0 Å². The van der Waals surface area contributed by atoms with Crippen LogP contribution in [0, 0.1) is 0 Å². The summed E-state index contributed by atoms with van der Waals surface area (Å²) in [7, 11) is 0. The third kappa shape index (κ3) is 3.96. The molecule has 0 aliphatic heterocycles. The molecule has 0 amide bonds. The molecule has 0 bridgehead atoms. The zero-order valence-corrected chi connectivity index (χ0v) is 24.5. The van der Waals surface area contributed by atoms with Crippen LogP contribution in [0.2, 0.25) is 0 Å².